The monoisotopic (exact) mass is 263 g/mol. The fourth-order valence-corrected chi connectivity index (χ4v) is 1.94. The van der Waals surface area contributed by atoms with E-state index < -0.39 is 0 Å². The Morgan fingerprint density at radius 1 is 1.42 bits per heavy atom. The standard InChI is InChI=1S/C13H21N5O/c1-7(2)12-15-6-10(18-14)11(17-12)13(19)16-8(3)9-4-5-9/h6-9,18H,4-5,14H2,1-3H3,(H,16,19). The van der Waals surface area contributed by atoms with Crippen LogP contribution in [-0.2, 0) is 0 Å². The molecule has 1 fully saturated rings. The van der Waals surface area contributed by atoms with Crippen LogP contribution in [0, 0.1) is 5.92 Å². The summed E-state index contributed by atoms with van der Waals surface area (Å²) in [5, 5.41) is 2.97. The Balaban J connectivity index is 2.19. The van der Waals surface area contributed by atoms with Crippen molar-refractivity contribution >= 4 is 11.6 Å². The molecule has 0 saturated heterocycles. The molecule has 6 nitrogen and oxygen atoms in total. The highest BCUT2D eigenvalue weighted by Crippen LogP contribution is 2.32. The van der Waals surface area contributed by atoms with Crippen molar-refractivity contribution in [3.8, 4) is 0 Å². The predicted octanol–water partition coefficient (Wildman–Crippen LogP) is 1.41. The SMILES string of the molecule is CC(C)c1ncc(NN)c(C(=O)NC(C)C2CC2)n1. The van der Waals surface area contributed by atoms with Crippen molar-refractivity contribution in [2.75, 3.05) is 5.43 Å². The molecule has 1 unspecified atom stereocenters. The van der Waals surface area contributed by atoms with Crippen LogP contribution in [0.3, 0.4) is 0 Å². The Kier molecular flexibility index (Phi) is 3.99. The van der Waals surface area contributed by atoms with Crippen LogP contribution in [0.4, 0.5) is 5.69 Å². The number of hydrogen-bond donors (Lipinski definition) is 3. The molecule has 1 atom stereocenters. The van der Waals surface area contributed by atoms with Gasteiger partial charge in [0, 0.05) is 12.0 Å². The fraction of sp³-hybridized carbons (Fsp3) is 0.615. The third kappa shape index (κ3) is 3.20. The highest BCUT2D eigenvalue weighted by molar-refractivity contribution is 5.97. The van der Waals surface area contributed by atoms with Crippen molar-refractivity contribution in [2.45, 2.75) is 45.6 Å². The Hall–Kier alpha value is -1.69. The molecule has 0 aromatic carbocycles. The minimum absolute atomic E-state index is 0.166. The lowest BCUT2D eigenvalue weighted by atomic mass is 10.2. The van der Waals surface area contributed by atoms with Gasteiger partial charge in [-0.1, -0.05) is 13.8 Å². The third-order valence-corrected chi connectivity index (χ3v) is 3.38. The molecule has 104 valence electrons. The maximum Gasteiger partial charge on any atom is 0.272 e. The second-order valence-corrected chi connectivity index (χ2v) is 5.39. The summed E-state index contributed by atoms with van der Waals surface area (Å²) in [4.78, 5) is 20.7. The first-order chi connectivity index (χ1) is 9.02. The summed E-state index contributed by atoms with van der Waals surface area (Å²) in [5.74, 6) is 6.62. The van der Waals surface area contributed by atoms with Crippen LogP contribution in [0.25, 0.3) is 0 Å². The normalized spacial score (nSPS) is 16.3. The highest BCUT2D eigenvalue weighted by atomic mass is 16.2. The number of carbonyl (C=O) groups excluding carboxylic acids is 1. The number of rotatable bonds is 5. The van der Waals surface area contributed by atoms with Gasteiger partial charge in [0.15, 0.2) is 5.69 Å². The first-order valence-corrected chi connectivity index (χ1v) is 6.67. The van der Waals surface area contributed by atoms with E-state index in [0.717, 1.165) is 0 Å². The molecule has 1 aromatic heterocycles. The summed E-state index contributed by atoms with van der Waals surface area (Å²) in [6.07, 6.45) is 3.92. The molecule has 1 amide bonds. The van der Waals surface area contributed by atoms with Gasteiger partial charge in [-0.2, -0.15) is 0 Å². The maximum absolute atomic E-state index is 12.2. The van der Waals surface area contributed by atoms with E-state index in [1.807, 2.05) is 20.8 Å². The largest absolute Gasteiger partial charge is 0.348 e. The molecule has 2 rings (SSSR count). The summed E-state index contributed by atoms with van der Waals surface area (Å²) >= 11 is 0. The van der Waals surface area contributed by atoms with Gasteiger partial charge in [0.05, 0.1) is 11.9 Å². The average Bonchev–Trinajstić information content (AvgIpc) is 3.21. The highest BCUT2D eigenvalue weighted by Gasteiger charge is 2.30. The second-order valence-electron chi connectivity index (χ2n) is 5.39. The van der Waals surface area contributed by atoms with Gasteiger partial charge < -0.3 is 10.7 Å². The topological polar surface area (TPSA) is 92.9 Å². The van der Waals surface area contributed by atoms with E-state index in [-0.39, 0.29) is 17.9 Å². The average molecular weight is 263 g/mol. The lowest BCUT2D eigenvalue weighted by Crippen LogP contribution is -2.35. The smallest absolute Gasteiger partial charge is 0.272 e. The van der Waals surface area contributed by atoms with Crippen molar-refractivity contribution in [3.05, 3.63) is 17.7 Å². The van der Waals surface area contributed by atoms with E-state index in [1.54, 1.807) is 6.20 Å². The molecule has 1 aliphatic rings. The first-order valence-electron chi connectivity index (χ1n) is 6.67. The van der Waals surface area contributed by atoms with Crippen LogP contribution >= 0.6 is 0 Å². The summed E-state index contributed by atoms with van der Waals surface area (Å²) in [6, 6.07) is 0.176. The lowest BCUT2D eigenvalue weighted by molar-refractivity contribution is 0.0931. The van der Waals surface area contributed by atoms with Gasteiger partial charge in [0.25, 0.3) is 5.91 Å². The molecular formula is C13H21N5O. The summed E-state index contributed by atoms with van der Waals surface area (Å²) in [5.41, 5.74) is 3.24. The molecule has 0 aliphatic heterocycles. The van der Waals surface area contributed by atoms with E-state index in [2.05, 4.69) is 20.7 Å². The van der Waals surface area contributed by atoms with Crippen molar-refractivity contribution in [2.24, 2.45) is 11.8 Å². The van der Waals surface area contributed by atoms with Gasteiger partial charge in [-0.05, 0) is 25.7 Å². The van der Waals surface area contributed by atoms with Crippen LogP contribution in [0.5, 0.6) is 0 Å². The van der Waals surface area contributed by atoms with Crippen LogP contribution in [0.2, 0.25) is 0 Å². The summed E-state index contributed by atoms with van der Waals surface area (Å²) < 4.78 is 0. The van der Waals surface area contributed by atoms with Crippen LogP contribution < -0.4 is 16.6 Å². The van der Waals surface area contributed by atoms with Gasteiger partial charge in [-0.15, -0.1) is 0 Å². The molecule has 4 N–H and O–H groups in total. The van der Waals surface area contributed by atoms with Gasteiger partial charge >= 0.3 is 0 Å². The van der Waals surface area contributed by atoms with E-state index >= 15 is 0 Å². The molecule has 0 radical (unpaired) electrons. The maximum atomic E-state index is 12.2. The number of carbonyl (C=O) groups is 1. The number of amides is 1. The number of hydrazine groups is 1. The fourth-order valence-electron chi connectivity index (χ4n) is 1.94. The number of aromatic nitrogens is 2. The second kappa shape index (κ2) is 5.52. The third-order valence-electron chi connectivity index (χ3n) is 3.38. The number of nitrogens with zero attached hydrogens (tertiary/aromatic N) is 2. The van der Waals surface area contributed by atoms with Gasteiger partial charge in [0.2, 0.25) is 0 Å². The number of hydrogen-bond acceptors (Lipinski definition) is 5. The van der Waals surface area contributed by atoms with Gasteiger partial charge in [-0.3, -0.25) is 10.6 Å². The van der Waals surface area contributed by atoms with Crippen LogP contribution in [0.1, 0.15) is 55.8 Å². The minimum atomic E-state index is -0.198. The number of anilines is 1. The van der Waals surface area contributed by atoms with E-state index in [9.17, 15) is 4.79 Å². The van der Waals surface area contributed by atoms with Crippen molar-refractivity contribution in [1.29, 1.82) is 0 Å². The van der Waals surface area contributed by atoms with Crippen molar-refractivity contribution < 1.29 is 4.79 Å². The Labute approximate surface area is 113 Å². The van der Waals surface area contributed by atoms with Gasteiger partial charge in [-0.25, -0.2) is 9.97 Å². The molecule has 1 saturated carbocycles. The predicted molar refractivity (Wildman–Crippen MR) is 73.6 cm³/mol. The van der Waals surface area contributed by atoms with E-state index in [0.29, 0.717) is 23.1 Å². The molecule has 0 spiro atoms. The number of nitrogens with two attached hydrogens (primary N) is 1. The summed E-state index contributed by atoms with van der Waals surface area (Å²) in [6.45, 7) is 5.99. The molecule has 1 heterocycles. The quantitative estimate of drug-likeness (QED) is 0.552. The zero-order valence-electron chi connectivity index (χ0n) is 11.6. The van der Waals surface area contributed by atoms with Crippen LogP contribution in [0.15, 0.2) is 6.20 Å². The van der Waals surface area contributed by atoms with Gasteiger partial charge in [0.1, 0.15) is 5.82 Å². The molecular weight excluding hydrogens is 242 g/mol. The molecule has 0 bridgehead atoms. The van der Waals surface area contributed by atoms with E-state index in [4.69, 9.17) is 5.84 Å². The molecule has 19 heavy (non-hydrogen) atoms. The van der Waals surface area contributed by atoms with E-state index in [1.165, 1.54) is 12.8 Å². The Bertz CT molecular complexity index is 470. The Morgan fingerprint density at radius 2 is 2.11 bits per heavy atom. The first kappa shape index (κ1) is 13.7. The molecule has 1 aromatic rings. The Morgan fingerprint density at radius 3 is 2.63 bits per heavy atom. The minimum Gasteiger partial charge on any atom is -0.348 e. The lowest BCUT2D eigenvalue weighted by Gasteiger charge is -2.15. The van der Waals surface area contributed by atoms with Crippen LogP contribution in [-0.4, -0.2) is 21.9 Å². The van der Waals surface area contributed by atoms with Crippen molar-refractivity contribution in [1.82, 2.24) is 15.3 Å². The summed E-state index contributed by atoms with van der Waals surface area (Å²) in [7, 11) is 0. The number of nitrogen functional groups attached to an aromatic ring is 1. The van der Waals surface area contributed by atoms with Crippen molar-refractivity contribution in [3.63, 3.8) is 0 Å². The molecule has 6 heteroatoms. The zero-order chi connectivity index (χ0) is 14.0. The number of nitrogens with one attached hydrogen (secondary N) is 2. The zero-order valence-corrected chi connectivity index (χ0v) is 11.6. The molecule has 1 aliphatic carbocycles.